The van der Waals surface area contributed by atoms with Crippen molar-refractivity contribution in [2.45, 2.75) is 73.1 Å². The summed E-state index contributed by atoms with van der Waals surface area (Å²) in [6.07, 6.45) is 0.182. The minimum absolute atomic E-state index is 0.0655. The lowest BCUT2D eigenvalue weighted by Crippen LogP contribution is -2.45. The zero-order valence-electron chi connectivity index (χ0n) is 28.9. The van der Waals surface area contributed by atoms with Crippen molar-refractivity contribution in [2.24, 2.45) is 0 Å². The van der Waals surface area contributed by atoms with Crippen molar-refractivity contribution in [3.8, 4) is 5.75 Å². The molecule has 46 heavy (non-hydrogen) atoms. The van der Waals surface area contributed by atoms with Crippen molar-refractivity contribution in [3.05, 3.63) is 96.6 Å². The van der Waals surface area contributed by atoms with Crippen LogP contribution in [0.2, 0.25) is 0 Å². The van der Waals surface area contributed by atoms with Crippen molar-refractivity contribution in [3.63, 3.8) is 0 Å². The van der Waals surface area contributed by atoms with Gasteiger partial charge in [-0.15, -0.1) is 0 Å². The first kappa shape index (κ1) is 39.5. The molecule has 0 spiro atoms. The molecular weight excluding hydrogens is 580 g/mol. The summed E-state index contributed by atoms with van der Waals surface area (Å²) < 4.78 is 10.2. The van der Waals surface area contributed by atoms with Gasteiger partial charge in [-0.05, 0) is 57.0 Å². The number of hydrogen-bond acceptors (Lipinski definition) is 6. The third-order valence-electron chi connectivity index (χ3n) is 6.36. The summed E-state index contributed by atoms with van der Waals surface area (Å²) in [5.74, 6) is 0.659. The molecule has 0 bridgehead atoms. The Kier molecular flexibility index (Phi) is 18.9. The maximum absolute atomic E-state index is 13.1. The first-order valence-electron chi connectivity index (χ1n) is 16.1. The Morgan fingerprint density at radius 1 is 0.826 bits per heavy atom. The van der Waals surface area contributed by atoms with Crippen LogP contribution >= 0.6 is 0 Å². The van der Waals surface area contributed by atoms with Crippen LogP contribution in [-0.2, 0) is 20.9 Å². The molecule has 1 atom stereocenters. The number of alkyl carbamates (subject to hydrolysis) is 1. The van der Waals surface area contributed by atoms with Gasteiger partial charge in [-0.1, -0.05) is 94.4 Å². The molecule has 3 aromatic rings. The Morgan fingerprint density at radius 3 is 1.89 bits per heavy atom. The molecule has 1 saturated heterocycles. The van der Waals surface area contributed by atoms with Crippen LogP contribution in [0.15, 0.2) is 91.0 Å². The molecule has 9 heteroatoms. The van der Waals surface area contributed by atoms with Crippen LogP contribution in [0.5, 0.6) is 5.75 Å². The fourth-order valence-corrected chi connectivity index (χ4v) is 4.30. The van der Waals surface area contributed by atoms with Crippen molar-refractivity contribution < 1.29 is 23.9 Å². The Balaban J connectivity index is 0.000000749. The van der Waals surface area contributed by atoms with E-state index >= 15 is 0 Å². The van der Waals surface area contributed by atoms with Gasteiger partial charge in [-0.2, -0.15) is 0 Å². The van der Waals surface area contributed by atoms with Crippen molar-refractivity contribution in [2.75, 3.05) is 38.2 Å². The molecule has 0 radical (unpaired) electrons. The van der Waals surface area contributed by atoms with Crippen LogP contribution < -0.4 is 20.3 Å². The molecule has 3 amide bonds. The molecular formula is C37H54N4O5. The number of ether oxygens (including phenoxy) is 2. The highest BCUT2D eigenvalue weighted by Crippen LogP contribution is 2.16. The Labute approximate surface area is 276 Å². The third-order valence-corrected chi connectivity index (χ3v) is 6.36. The zero-order valence-corrected chi connectivity index (χ0v) is 28.9. The van der Waals surface area contributed by atoms with Gasteiger partial charge in [0.05, 0.1) is 26.2 Å². The molecule has 0 aliphatic carbocycles. The number of rotatable bonds is 9. The lowest BCUT2D eigenvalue weighted by molar-refractivity contribution is -0.128. The molecule has 1 fully saturated rings. The highest BCUT2D eigenvalue weighted by atomic mass is 16.6. The van der Waals surface area contributed by atoms with Gasteiger partial charge in [-0.3, -0.25) is 9.59 Å². The van der Waals surface area contributed by atoms with E-state index in [0.29, 0.717) is 26.1 Å². The standard InChI is InChI=1S/C26H34N4O4.C7H8O.2C2H6/c1-26(2,3)34-25(33)28-21-14-15-29(17-21)24(32)19-30(22-12-8-5-9-13-22)18-23(31)27-16-20-10-6-4-7-11-20;1-8-7-5-3-2-4-6-7;2*1-2/h4-13,21H,14-19H2,1-3H3,(H,27,31)(H,28,33);2-6H,1H3;2*1-2H3/t21-;;;/m0.../s1. The summed E-state index contributed by atoms with van der Waals surface area (Å²) in [6, 6.07) is 28.6. The number of carbonyl (C=O) groups excluding carboxylic acids is 3. The first-order valence-corrected chi connectivity index (χ1v) is 16.1. The molecule has 0 unspecified atom stereocenters. The monoisotopic (exact) mass is 634 g/mol. The topological polar surface area (TPSA) is 100 Å². The largest absolute Gasteiger partial charge is 0.497 e. The van der Waals surface area contributed by atoms with Gasteiger partial charge in [0.2, 0.25) is 11.8 Å². The normalized spacial score (nSPS) is 13.2. The summed E-state index contributed by atoms with van der Waals surface area (Å²) in [4.78, 5) is 41.3. The number of methoxy groups -OCH3 is 1. The summed E-state index contributed by atoms with van der Waals surface area (Å²) >= 11 is 0. The van der Waals surface area contributed by atoms with E-state index in [0.717, 1.165) is 17.0 Å². The van der Waals surface area contributed by atoms with Gasteiger partial charge in [-0.25, -0.2) is 4.79 Å². The summed E-state index contributed by atoms with van der Waals surface area (Å²) in [7, 11) is 1.66. The number of nitrogens with one attached hydrogen (secondary N) is 2. The number of hydrogen-bond donors (Lipinski definition) is 2. The van der Waals surface area contributed by atoms with E-state index in [1.165, 1.54) is 0 Å². The second-order valence-corrected chi connectivity index (χ2v) is 10.9. The van der Waals surface area contributed by atoms with Crippen LogP contribution in [0.1, 0.15) is 60.5 Å². The number of carbonyl (C=O) groups is 3. The van der Waals surface area contributed by atoms with Gasteiger partial charge in [0.25, 0.3) is 0 Å². The number of nitrogens with zero attached hydrogens (tertiary/aromatic N) is 2. The zero-order chi connectivity index (χ0) is 34.4. The quantitative estimate of drug-likeness (QED) is 0.272. The van der Waals surface area contributed by atoms with E-state index in [2.05, 4.69) is 10.6 Å². The second-order valence-electron chi connectivity index (χ2n) is 10.9. The van der Waals surface area contributed by atoms with Gasteiger partial charge < -0.3 is 29.9 Å². The Bertz CT molecular complexity index is 1250. The second kappa shape index (κ2) is 22.1. The smallest absolute Gasteiger partial charge is 0.407 e. The molecule has 252 valence electrons. The molecule has 9 nitrogen and oxygen atoms in total. The maximum Gasteiger partial charge on any atom is 0.407 e. The van der Waals surface area contributed by atoms with Gasteiger partial charge in [0.15, 0.2) is 0 Å². The van der Waals surface area contributed by atoms with E-state index in [9.17, 15) is 14.4 Å². The average molecular weight is 635 g/mol. The van der Waals surface area contributed by atoms with Crippen LogP contribution in [0.3, 0.4) is 0 Å². The van der Waals surface area contributed by atoms with E-state index in [-0.39, 0.29) is 30.9 Å². The summed E-state index contributed by atoms with van der Waals surface area (Å²) in [5, 5.41) is 5.76. The Morgan fingerprint density at radius 2 is 1.37 bits per heavy atom. The number of likely N-dealkylation sites (tertiary alicyclic amines) is 1. The van der Waals surface area contributed by atoms with Crippen LogP contribution in [0.4, 0.5) is 10.5 Å². The van der Waals surface area contributed by atoms with Crippen LogP contribution in [-0.4, -0.2) is 67.7 Å². The van der Waals surface area contributed by atoms with Gasteiger partial charge >= 0.3 is 6.09 Å². The molecule has 1 heterocycles. The van der Waals surface area contributed by atoms with Crippen LogP contribution in [0.25, 0.3) is 0 Å². The number of para-hydroxylation sites is 2. The lowest BCUT2D eigenvalue weighted by atomic mass is 10.2. The number of anilines is 1. The van der Waals surface area contributed by atoms with Crippen LogP contribution in [0, 0.1) is 0 Å². The number of amides is 3. The predicted octanol–water partition coefficient (Wildman–Crippen LogP) is 6.68. The van der Waals surface area contributed by atoms with Crippen molar-refractivity contribution in [1.82, 2.24) is 15.5 Å². The summed E-state index contributed by atoms with van der Waals surface area (Å²) in [5.41, 5.74) is 1.24. The molecule has 0 saturated carbocycles. The minimum Gasteiger partial charge on any atom is -0.497 e. The average Bonchev–Trinajstić information content (AvgIpc) is 3.54. The fourth-order valence-electron chi connectivity index (χ4n) is 4.30. The minimum atomic E-state index is -0.574. The van der Waals surface area contributed by atoms with Crippen molar-refractivity contribution >= 4 is 23.6 Å². The lowest BCUT2D eigenvalue weighted by Gasteiger charge is -2.26. The van der Waals surface area contributed by atoms with Crippen molar-refractivity contribution in [1.29, 1.82) is 0 Å². The molecule has 1 aliphatic heterocycles. The Hall–Kier alpha value is -4.53. The van der Waals surface area contributed by atoms with E-state index in [1.807, 2.05) is 139 Å². The molecule has 4 rings (SSSR count). The molecule has 3 aromatic carbocycles. The van der Waals surface area contributed by atoms with E-state index in [4.69, 9.17) is 9.47 Å². The molecule has 0 aromatic heterocycles. The van der Waals surface area contributed by atoms with E-state index in [1.54, 1.807) is 16.9 Å². The number of benzene rings is 3. The third kappa shape index (κ3) is 16.0. The SMILES string of the molecule is CC.CC.CC(C)(C)OC(=O)N[C@H]1CCN(C(=O)CN(CC(=O)NCc2ccccc2)c2ccccc2)C1.COc1ccccc1. The first-order chi connectivity index (χ1) is 22.1. The van der Waals surface area contributed by atoms with Gasteiger partial charge in [0.1, 0.15) is 11.4 Å². The summed E-state index contributed by atoms with van der Waals surface area (Å²) in [6.45, 7) is 15.0. The maximum atomic E-state index is 13.1. The highest BCUT2D eigenvalue weighted by Gasteiger charge is 2.30. The predicted molar refractivity (Wildman–Crippen MR) is 187 cm³/mol. The molecule has 2 N–H and O–H groups in total. The van der Waals surface area contributed by atoms with E-state index < -0.39 is 11.7 Å². The van der Waals surface area contributed by atoms with Gasteiger partial charge in [0, 0.05) is 25.3 Å². The highest BCUT2D eigenvalue weighted by molar-refractivity contribution is 5.86. The fraction of sp³-hybridized carbons (Fsp3) is 0.432. The molecule has 1 aliphatic rings.